The van der Waals surface area contributed by atoms with E-state index in [-0.39, 0.29) is 16.3 Å². The maximum Gasteiger partial charge on any atom is 0.262 e. The Bertz CT molecular complexity index is 1130. The average molecular weight is 415 g/mol. The second-order valence-corrected chi connectivity index (χ2v) is 7.80. The van der Waals surface area contributed by atoms with Gasteiger partial charge in [-0.3, -0.25) is 14.5 Å². The summed E-state index contributed by atoms with van der Waals surface area (Å²) in [6.45, 7) is 1.81. The van der Waals surface area contributed by atoms with Crippen molar-refractivity contribution in [1.82, 2.24) is 4.98 Å². The summed E-state index contributed by atoms with van der Waals surface area (Å²) < 4.78 is 45.8. The molecule has 2 N–H and O–H groups in total. The number of sulfonamides is 1. The van der Waals surface area contributed by atoms with Crippen molar-refractivity contribution < 1.29 is 22.3 Å². The highest BCUT2D eigenvalue weighted by Crippen LogP contribution is 2.30. The molecule has 1 heterocycles. The largest absolute Gasteiger partial charge is 0.495 e. The fourth-order valence-electron chi connectivity index (χ4n) is 2.49. The monoisotopic (exact) mass is 415 g/mol. The number of nitrogens with zero attached hydrogens (tertiary/aromatic N) is 1. The first-order valence-electron chi connectivity index (χ1n) is 8.49. The third-order valence-corrected chi connectivity index (χ3v) is 5.38. The number of carbonyl (C=O) groups is 1. The highest BCUT2D eigenvalue weighted by atomic mass is 32.2. The molecule has 0 fully saturated rings. The molecule has 0 spiro atoms. The van der Waals surface area contributed by atoms with Gasteiger partial charge in [-0.25, -0.2) is 12.8 Å². The molecule has 2 aromatic carbocycles. The van der Waals surface area contributed by atoms with Crippen LogP contribution in [0.2, 0.25) is 0 Å². The van der Waals surface area contributed by atoms with Gasteiger partial charge in [0.1, 0.15) is 11.6 Å². The number of amides is 1. The molecule has 3 rings (SSSR count). The summed E-state index contributed by atoms with van der Waals surface area (Å²) in [6.07, 6.45) is 1.45. The van der Waals surface area contributed by atoms with Crippen molar-refractivity contribution in [2.24, 2.45) is 0 Å². The van der Waals surface area contributed by atoms with Crippen LogP contribution in [0.5, 0.6) is 5.75 Å². The van der Waals surface area contributed by atoms with Gasteiger partial charge in [-0.05, 0) is 61.5 Å². The van der Waals surface area contributed by atoms with E-state index in [0.29, 0.717) is 11.3 Å². The average Bonchev–Trinajstić information content (AvgIpc) is 2.69. The van der Waals surface area contributed by atoms with Crippen LogP contribution in [0, 0.1) is 12.7 Å². The van der Waals surface area contributed by atoms with Crippen LogP contribution in [0.3, 0.4) is 0 Å². The summed E-state index contributed by atoms with van der Waals surface area (Å²) in [6, 6.07) is 12.3. The first kappa shape index (κ1) is 20.3. The van der Waals surface area contributed by atoms with Crippen LogP contribution in [0.15, 0.2) is 65.7 Å². The van der Waals surface area contributed by atoms with Gasteiger partial charge in [0.2, 0.25) is 0 Å². The van der Waals surface area contributed by atoms with Gasteiger partial charge in [-0.2, -0.15) is 0 Å². The zero-order chi connectivity index (χ0) is 21.0. The van der Waals surface area contributed by atoms with Crippen molar-refractivity contribution in [3.63, 3.8) is 0 Å². The Morgan fingerprint density at radius 1 is 1.07 bits per heavy atom. The number of hydrogen-bond donors (Lipinski definition) is 2. The van der Waals surface area contributed by atoms with Crippen molar-refractivity contribution in [2.45, 2.75) is 11.8 Å². The molecule has 3 aromatic rings. The summed E-state index contributed by atoms with van der Waals surface area (Å²) in [5, 5.41) is 2.68. The third kappa shape index (κ3) is 4.88. The third-order valence-electron chi connectivity index (χ3n) is 4.00. The van der Waals surface area contributed by atoms with Crippen molar-refractivity contribution >= 4 is 27.3 Å². The second kappa shape index (κ2) is 8.27. The highest BCUT2D eigenvalue weighted by molar-refractivity contribution is 7.92. The summed E-state index contributed by atoms with van der Waals surface area (Å²) in [5.74, 6) is -0.683. The van der Waals surface area contributed by atoms with Crippen LogP contribution < -0.4 is 14.8 Å². The molecule has 0 aliphatic carbocycles. The van der Waals surface area contributed by atoms with E-state index in [1.165, 1.54) is 25.4 Å². The Morgan fingerprint density at radius 3 is 2.41 bits per heavy atom. The number of pyridine rings is 1. The Labute approximate surface area is 167 Å². The number of hydrogen-bond acceptors (Lipinski definition) is 5. The Hall–Kier alpha value is -3.46. The number of benzene rings is 2. The number of anilines is 2. The zero-order valence-electron chi connectivity index (χ0n) is 15.6. The van der Waals surface area contributed by atoms with Crippen LogP contribution >= 0.6 is 0 Å². The summed E-state index contributed by atoms with van der Waals surface area (Å²) in [7, 11) is -2.59. The van der Waals surface area contributed by atoms with Crippen molar-refractivity contribution in [3.05, 3.63) is 77.9 Å². The van der Waals surface area contributed by atoms with Crippen molar-refractivity contribution in [3.8, 4) is 5.75 Å². The van der Waals surface area contributed by atoms with Crippen LogP contribution in [-0.4, -0.2) is 26.4 Å². The van der Waals surface area contributed by atoms with E-state index in [4.69, 9.17) is 4.74 Å². The number of halogens is 1. The van der Waals surface area contributed by atoms with Gasteiger partial charge in [0.15, 0.2) is 0 Å². The van der Waals surface area contributed by atoms with Gasteiger partial charge in [-0.15, -0.1) is 0 Å². The van der Waals surface area contributed by atoms with Gasteiger partial charge in [0, 0.05) is 17.6 Å². The lowest BCUT2D eigenvalue weighted by Crippen LogP contribution is -2.15. The fraction of sp³-hybridized carbons (Fsp3) is 0.100. The van der Waals surface area contributed by atoms with E-state index in [0.717, 1.165) is 30.0 Å². The predicted octanol–water partition coefficient (Wildman–Crippen LogP) is 3.59. The number of methoxy groups -OCH3 is 1. The van der Waals surface area contributed by atoms with E-state index in [9.17, 15) is 17.6 Å². The van der Waals surface area contributed by atoms with E-state index >= 15 is 0 Å². The van der Waals surface area contributed by atoms with Crippen LogP contribution in [0.4, 0.5) is 15.8 Å². The lowest BCUT2D eigenvalue weighted by atomic mass is 10.2. The number of carbonyl (C=O) groups excluding carboxylic acids is 1. The van der Waals surface area contributed by atoms with Crippen LogP contribution in [0.25, 0.3) is 0 Å². The molecule has 1 amide bonds. The molecule has 9 heteroatoms. The van der Waals surface area contributed by atoms with E-state index in [2.05, 4.69) is 15.0 Å². The molecule has 7 nitrogen and oxygen atoms in total. The van der Waals surface area contributed by atoms with Gasteiger partial charge < -0.3 is 10.1 Å². The molecule has 0 radical (unpaired) electrons. The van der Waals surface area contributed by atoms with Gasteiger partial charge >= 0.3 is 0 Å². The van der Waals surface area contributed by atoms with Gasteiger partial charge in [-0.1, -0.05) is 0 Å². The zero-order valence-corrected chi connectivity index (χ0v) is 16.5. The molecule has 0 aliphatic rings. The number of ether oxygens (including phenoxy) is 1. The molecule has 0 aliphatic heterocycles. The van der Waals surface area contributed by atoms with Crippen molar-refractivity contribution in [1.29, 1.82) is 0 Å². The highest BCUT2D eigenvalue weighted by Gasteiger charge is 2.18. The molecule has 0 saturated carbocycles. The standard InChI is InChI=1S/C20H18FN3O4S/c1-13-3-4-14(12-22-13)20(25)23-16-7-10-19(28-2)18(11-16)24-29(26,27)17-8-5-15(21)6-9-17/h3-12,24H,1-2H3,(H,23,25). The molecule has 0 atom stereocenters. The molecule has 0 unspecified atom stereocenters. The number of nitrogens with one attached hydrogen (secondary N) is 2. The topological polar surface area (TPSA) is 97.4 Å². The van der Waals surface area contributed by atoms with E-state index in [1.807, 2.05) is 6.92 Å². The molecular weight excluding hydrogens is 397 g/mol. The Balaban J connectivity index is 1.86. The fourth-order valence-corrected chi connectivity index (χ4v) is 3.55. The van der Waals surface area contributed by atoms with Gasteiger partial charge in [0.25, 0.3) is 15.9 Å². The summed E-state index contributed by atoms with van der Waals surface area (Å²) in [4.78, 5) is 16.3. The van der Waals surface area contributed by atoms with Crippen LogP contribution in [-0.2, 0) is 10.0 Å². The van der Waals surface area contributed by atoms with Crippen LogP contribution in [0.1, 0.15) is 16.1 Å². The quantitative estimate of drug-likeness (QED) is 0.641. The number of aryl methyl sites for hydroxylation is 1. The maximum atomic E-state index is 13.1. The minimum absolute atomic E-state index is 0.110. The van der Waals surface area contributed by atoms with E-state index in [1.54, 1.807) is 18.2 Å². The molecular formula is C20H18FN3O4S. The SMILES string of the molecule is COc1ccc(NC(=O)c2ccc(C)nc2)cc1NS(=O)(=O)c1ccc(F)cc1. The van der Waals surface area contributed by atoms with E-state index < -0.39 is 21.7 Å². The molecule has 0 bridgehead atoms. The summed E-state index contributed by atoms with van der Waals surface area (Å²) >= 11 is 0. The maximum absolute atomic E-state index is 13.1. The second-order valence-electron chi connectivity index (χ2n) is 6.12. The Kier molecular flexibility index (Phi) is 5.79. The van der Waals surface area contributed by atoms with Gasteiger partial charge in [0.05, 0.1) is 23.3 Å². The molecule has 29 heavy (non-hydrogen) atoms. The summed E-state index contributed by atoms with van der Waals surface area (Å²) in [5.41, 5.74) is 1.62. The predicted molar refractivity (Wildman–Crippen MR) is 107 cm³/mol. The lowest BCUT2D eigenvalue weighted by Gasteiger charge is -2.14. The first-order valence-corrected chi connectivity index (χ1v) is 9.97. The minimum Gasteiger partial charge on any atom is -0.495 e. The normalized spacial score (nSPS) is 11.0. The molecule has 1 aromatic heterocycles. The molecule has 0 saturated heterocycles. The number of aromatic nitrogens is 1. The Morgan fingerprint density at radius 2 is 1.79 bits per heavy atom. The lowest BCUT2D eigenvalue weighted by molar-refractivity contribution is 0.102. The number of rotatable bonds is 6. The first-order chi connectivity index (χ1) is 13.8. The van der Waals surface area contributed by atoms with Crippen molar-refractivity contribution in [2.75, 3.05) is 17.1 Å². The minimum atomic E-state index is -3.98. The smallest absolute Gasteiger partial charge is 0.262 e. The molecule has 150 valence electrons.